The average molecular weight is 286 g/mol. The van der Waals surface area contributed by atoms with Crippen LogP contribution in [-0.2, 0) is 0 Å². The summed E-state index contributed by atoms with van der Waals surface area (Å²) >= 11 is 12.0. The van der Waals surface area contributed by atoms with Crippen molar-refractivity contribution in [1.82, 2.24) is 5.32 Å². The number of rotatable bonds is 5. The highest BCUT2D eigenvalue weighted by Gasteiger charge is 2.34. The Bertz CT molecular complexity index is 407. The van der Waals surface area contributed by atoms with Gasteiger partial charge in [-0.05, 0) is 49.3 Å². The normalized spacial score (nSPS) is 19.3. The van der Waals surface area contributed by atoms with Gasteiger partial charge in [0.05, 0.1) is 10.0 Å². The van der Waals surface area contributed by atoms with Crippen molar-refractivity contribution < 1.29 is 0 Å². The molecule has 100 valence electrons. The maximum atomic E-state index is 6.05. The fourth-order valence-corrected chi connectivity index (χ4v) is 2.91. The van der Waals surface area contributed by atoms with Gasteiger partial charge in [0.15, 0.2) is 0 Å². The highest BCUT2D eigenvalue weighted by atomic mass is 35.5. The molecule has 1 aromatic rings. The summed E-state index contributed by atoms with van der Waals surface area (Å²) in [6.07, 6.45) is 5.39. The minimum absolute atomic E-state index is 0.323. The molecule has 0 heterocycles. The van der Waals surface area contributed by atoms with Crippen molar-refractivity contribution in [3.63, 3.8) is 0 Å². The summed E-state index contributed by atoms with van der Waals surface area (Å²) < 4.78 is 0. The van der Waals surface area contributed by atoms with Gasteiger partial charge in [-0.3, -0.25) is 0 Å². The molecule has 18 heavy (non-hydrogen) atoms. The van der Waals surface area contributed by atoms with Crippen LogP contribution in [0.15, 0.2) is 18.2 Å². The molecule has 0 amide bonds. The topological polar surface area (TPSA) is 12.0 Å². The van der Waals surface area contributed by atoms with Crippen LogP contribution in [0, 0.1) is 5.41 Å². The summed E-state index contributed by atoms with van der Waals surface area (Å²) in [6.45, 7) is 5.58. The van der Waals surface area contributed by atoms with Crippen molar-refractivity contribution in [3.8, 4) is 0 Å². The fourth-order valence-electron chi connectivity index (χ4n) is 2.60. The molecule has 3 heteroatoms. The minimum atomic E-state index is 0.323. The van der Waals surface area contributed by atoms with Crippen LogP contribution in [0.3, 0.4) is 0 Å². The van der Waals surface area contributed by atoms with E-state index in [0.717, 1.165) is 6.54 Å². The molecule has 0 spiro atoms. The zero-order valence-corrected chi connectivity index (χ0v) is 12.6. The van der Waals surface area contributed by atoms with Gasteiger partial charge in [0.1, 0.15) is 0 Å². The van der Waals surface area contributed by atoms with E-state index < -0.39 is 0 Å². The molecule has 1 saturated carbocycles. The molecule has 1 fully saturated rings. The molecule has 1 aliphatic rings. The quantitative estimate of drug-likeness (QED) is 0.782. The maximum Gasteiger partial charge on any atom is 0.0595 e. The zero-order valence-electron chi connectivity index (χ0n) is 11.1. The van der Waals surface area contributed by atoms with Crippen molar-refractivity contribution in [2.45, 2.75) is 45.6 Å². The van der Waals surface area contributed by atoms with Crippen LogP contribution < -0.4 is 5.32 Å². The van der Waals surface area contributed by atoms with E-state index in [4.69, 9.17) is 23.2 Å². The zero-order chi connectivity index (χ0) is 13.2. The SMILES string of the molecule is CCC1(CNC(C)c2ccc(Cl)c(Cl)c2)CCC1. The predicted octanol–water partition coefficient (Wildman–Crippen LogP) is 5.22. The second kappa shape index (κ2) is 5.81. The molecule has 0 bridgehead atoms. The van der Waals surface area contributed by atoms with Gasteiger partial charge in [0, 0.05) is 12.6 Å². The van der Waals surface area contributed by atoms with E-state index in [9.17, 15) is 0 Å². The summed E-state index contributed by atoms with van der Waals surface area (Å²) in [5.41, 5.74) is 1.75. The first-order chi connectivity index (χ1) is 8.56. The summed E-state index contributed by atoms with van der Waals surface area (Å²) in [6, 6.07) is 6.20. The van der Waals surface area contributed by atoms with E-state index in [1.807, 2.05) is 18.2 Å². The Hall–Kier alpha value is -0.240. The lowest BCUT2D eigenvalue weighted by molar-refractivity contribution is 0.120. The standard InChI is InChI=1S/C15H21Cl2N/c1-3-15(7-4-8-15)10-18-11(2)12-5-6-13(16)14(17)9-12/h5-6,9,11,18H,3-4,7-8,10H2,1-2H3. The lowest BCUT2D eigenvalue weighted by Crippen LogP contribution is -2.40. The third kappa shape index (κ3) is 3.01. The van der Waals surface area contributed by atoms with Crippen LogP contribution in [0.2, 0.25) is 10.0 Å². The Morgan fingerprint density at radius 1 is 1.28 bits per heavy atom. The predicted molar refractivity (Wildman–Crippen MR) is 79.5 cm³/mol. The van der Waals surface area contributed by atoms with Gasteiger partial charge in [-0.2, -0.15) is 0 Å². The van der Waals surface area contributed by atoms with Crippen LogP contribution >= 0.6 is 23.2 Å². The Labute approximate surface area is 120 Å². The number of benzene rings is 1. The molecule has 0 radical (unpaired) electrons. The van der Waals surface area contributed by atoms with Gasteiger partial charge in [0.25, 0.3) is 0 Å². The van der Waals surface area contributed by atoms with Crippen molar-refractivity contribution in [1.29, 1.82) is 0 Å². The first-order valence-corrected chi connectivity index (χ1v) is 7.50. The molecular formula is C15H21Cl2N. The summed E-state index contributed by atoms with van der Waals surface area (Å²) in [7, 11) is 0. The molecule has 1 aromatic carbocycles. The highest BCUT2D eigenvalue weighted by molar-refractivity contribution is 6.42. The van der Waals surface area contributed by atoms with Crippen LogP contribution in [0.25, 0.3) is 0 Å². The molecule has 1 unspecified atom stereocenters. The Kier molecular flexibility index (Phi) is 4.58. The average Bonchev–Trinajstić information content (AvgIpc) is 2.31. The molecule has 1 aliphatic carbocycles. The summed E-state index contributed by atoms with van der Waals surface area (Å²) in [4.78, 5) is 0. The van der Waals surface area contributed by atoms with Crippen molar-refractivity contribution in [2.75, 3.05) is 6.54 Å². The van der Waals surface area contributed by atoms with Crippen molar-refractivity contribution in [3.05, 3.63) is 33.8 Å². The van der Waals surface area contributed by atoms with E-state index in [2.05, 4.69) is 19.2 Å². The van der Waals surface area contributed by atoms with E-state index >= 15 is 0 Å². The Morgan fingerprint density at radius 2 is 2.00 bits per heavy atom. The van der Waals surface area contributed by atoms with Crippen LogP contribution in [0.1, 0.15) is 51.1 Å². The first kappa shape index (κ1) is 14.2. The van der Waals surface area contributed by atoms with Gasteiger partial charge in [-0.1, -0.05) is 42.6 Å². The molecule has 0 aromatic heterocycles. The van der Waals surface area contributed by atoms with Crippen LogP contribution in [0.4, 0.5) is 0 Å². The summed E-state index contributed by atoms with van der Waals surface area (Å²) in [5.74, 6) is 0. The minimum Gasteiger partial charge on any atom is -0.310 e. The highest BCUT2D eigenvalue weighted by Crippen LogP contribution is 2.43. The molecule has 1 nitrogen and oxygen atoms in total. The number of halogens is 2. The molecule has 0 aliphatic heterocycles. The smallest absolute Gasteiger partial charge is 0.0595 e. The number of hydrogen-bond donors (Lipinski definition) is 1. The van der Waals surface area contributed by atoms with Gasteiger partial charge >= 0.3 is 0 Å². The van der Waals surface area contributed by atoms with Crippen LogP contribution in [0.5, 0.6) is 0 Å². The van der Waals surface area contributed by atoms with E-state index in [1.165, 1.54) is 31.2 Å². The summed E-state index contributed by atoms with van der Waals surface area (Å²) in [5, 5.41) is 4.90. The largest absolute Gasteiger partial charge is 0.310 e. The molecule has 2 rings (SSSR count). The van der Waals surface area contributed by atoms with Crippen LogP contribution in [-0.4, -0.2) is 6.54 Å². The Balaban J connectivity index is 1.94. The number of nitrogens with one attached hydrogen (secondary N) is 1. The second-order valence-electron chi connectivity index (χ2n) is 5.48. The third-order valence-corrected chi connectivity index (χ3v) is 5.13. The molecule has 1 atom stereocenters. The van der Waals surface area contributed by atoms with Crippen molar-refractivity contribution >= 4 is 23.2 Å². The Morgan fingerprint density at radius 3 is 2.50 bits per heavy atom. The monoisotopic (exact) mass is 285 g/mol. The van der Waals surface area contributed by atoms with Gasteiger partial charge in [-0.15, -0.1) is 0 Å². The van der Waals surface area contributed by atoms with Gasteiger partial charge in [-0.25, -0.2) is 0 Å². The number of hydrogen-bond acceptors (Lipinski definition) is 1. The fraction of sp³-hybridized carbons (Fsp3) is 0.600. The van der Waals surface area contributed by atoms with E-state index in [1.54, 1.807) is 0 Å². The van der Waals surface area contributed by atoms with E-state index in [-0.39, 0.29) is 0 Å². The van der Waals surface area contributed by atoms with Crippen molar-refractivity contribution in [2.24, 2.45) is 5.41 Å². The lowest BCUT2D eigenvalue weighted by atomic mass is 9.67. The van der Waals surface area contributed by atoms with E-state index in [0.29, 0.717) is 21.5 Å². The van der Waals surface area contributed by atoms with Gasteiger partial charge < -0.3 is 5.32 Å². The molecule has 1 N–H and O–H groups in total. The molecular weight excluding hydrogens is 265 g/mol. The lowest BCUT2D eigenvalue weighted by Gasteiger charge is -2.42. The second-order valence-corrected chi connectivity index (χ2v) is 6.30. The maximum absolute atomic E-state index is 6.05. The third-order valence-electron chi connectivity index (χ3n) is 4.39. The molecule has 0 saturated heterocycles. The first-order valence-electron chi connectivity index (χ1n) is 6.75. The van der Waals surface area contributed by atoms with Gasteiger partial charge in [0.2, 0.25) is 0 Å².